The molecule has 2 aliphatic rings. The van der Waals surface area contributed by atoms with Crippen molar-refractivity contribution in [2.45, 2.75) is 50.4 Å². The number of aliphatic hydroxyl groups is 2. The van der Waals surface area contributed by atoms with Crippen molar-refractivity contribution in [1.82, 2.24) is 0 Å². The van der Waals surface area contributed by atoms with Gasteiger partial charge in [0.15, 0.2) is 0 Å². The molecule has 4 rings (SSSR count). The summed E-state index contributed by atoms with van der Waals surface area (Å²) in [5.74, 6) is -0.233. The molecule has 3 nitrogen and oxygen atoms in total. The summed E-state index contributed by atoms with van der Waals surface area (Å²) in [6.07, 6.45) is 2.41. The maximum Gasteiger partial charge on any atom is 0.123 e. The van der Waals surface area contributed by atoms with Gasteiger partial charge in [0, 0.05) is 11.4 Å². The molecule has 0 aromatic heterocycles. The van der Waals surface area contributed by atoms with E-state index >= 15 is 0 Å². The monoisotopic (exact) mass is 327 g/mol. The van der Waals surface area contributed by atoms with E-state index in [0.29, 0.717) is 6.42 Å². The average Bonchev–Trinajstić information content (AvgIpc) is 2.74. The van der Waals surface area contributed by atoms with E-state index in [1.54, 1.807) is 12.1 Å². The summed E-state index contributed by atoms with van der Waals surface area (Å²) in [4.78, 5) is 2.13. The number of aliphatic hydroxyl groups excluding tert-OH is 2. The smallest absolute Gasteiger partial charge is 0.123 e. The van der Waals surface area contributed by atoms with Gasteiger partial charge in [0.05, 0.1) is 12.1 Å². The van der Waals surface area contributed by atoms with Crippen molar-refractivity contribution in [3.8, 4) is 0 Å². The summed E-state index contributed by atoms with van der Waals surface area (Å²) < 4.78 is 13.8. The molecule has 3 atom stereocenters. The number of rotatable bonds is 1. The third kappa shape index (κ3) is 2.60. The summed E-state index contributed by atoms with van der Waals surface area (Å²) in [6, 6.07) is 12.8. The van der Waals surface area contributed by atoms with Gasteiger partial charge in [-0.3, -0.25) is 0 Å². The van der Waals surface area contributed by atoms with Gasteiger partial charge in [0.25, 0.3) is 0 Å². The van der Waals surface area contributed by atoms with Gasteiger partial charge >= 0.3 is 0 Å². The van der Waals surface area contributed by atoms with Crippen molar-refractivity contribution in [3.05, 3.63) is 59.4 Å². The highest BCUT2D eigenvalue weighted by molar-refractivity contribution is 5.72. The van der Waals surface area contributed by atoms with Gasteiger partial charge in [-0.1, -0.05) is 18.2 Å². The Balaban J connectivity index is 1.87. The molecular formula is C20H22FNO2. The molecule has 3 unspecified atom stereocenters. The third-order valence-corrected chi connectivity index (χ3v) is 5.34. The fourth-order valence-corrected chi connectivity index (χ4v) is 4.12. The first-order valence-electron chi connectivity index (χ1n) is 8.67. The molecule has 2 N–H and O–H groups in total. The number of hydrogen-bond donors (Lipinski definition) is 2. The summed E-state index contributed by atoms with van der Waals surface area (Å²) in [5, 5.41) is 20.8. The van der Waals surface area contributed by atoms with Crippen molar-refractivity contribution in [1.29, 1.82) is 0 Å². The lowest BCUT2D eigenvalue weighted by Gasteiger charge is -2.41. The minimum atomic E-state index is -0.803. The molecule has 1 heterocycles. The Labute approximate surface area is 141 Å². The number of anilines is 2. The van der Waals surface area contributed by atoms with Crippen molar-refractivity contribution < 1.29 is 14.6 Å². The molecule has 4 heteroatoms. The average molecular weight is 327 g/mol. The second kappa shape index (κ2) is 6.19. The highest BCUT2D eigenvalue weighted by atomic mass is 19.1. The lowest BCUT2D eigenvalue weighted by molar-refractivity contribution is -0.0204. The zero-order valence-corrected chi connectivity index (χ0v) is 13.5. The van der Waals surface area contributed by atoms with Crippen LogP contribution in [0.25, 0.3) is 0 Å². The molecule has 0 saturated heterocycles. The lowest BCUT2D eigenvalue weighted by atomic mass is 9.88. The third-order valence-electron chi connectivity index (χ3n) is 5.34. The normalized spacial score (nSPS) is 26.5. The van der Waals surface area contributed by atoms with Crippen LogP contribution in [0.15, 0.2) is 42.5 Å². The Hall–Kier alpha value is -1.91. The summed E-state index contributed by atoms with van der Waals surface area (Å²) in [6.45, 7) is 0. The first kappa shape index (κ1) is 15.6. The van der Waals surface area contributed by atoms with Crippen LogP contribution in [0.4, 0.5) is 15.8 Å². The lowest BCUT2D eigenvalue weighted by Crippen LogP contribution is -2.50. The van der Waals surface area contributed by atoms with Crippen molar-refractivity contribution in [2.24, 2.45) is 0 Å². The Morgan fingerprint density at radius 3 is 2.54 bits per heavy atom. The number of fused-ring (bicyclic) bond motifs is 2. The summed E-state index contributed by atoms with van der Waals surface area (Å²) in [5.41, 5.74) is 4.15. The molecular weight excluding hydrogens is 305 g/mol. The predicted molar refractivity (Wildman–Crippen MR) is 92.0 cm³/mol. The first-order chi connectivity index (χ1) is 11.6. The molecule has 0 radical (unpaired) electrons. The largest absolute Gasteiger partial charge is 0.390 e. The Morgan fingerprint density at radius 1 is 0.917 bits per heavy atom. The van der Waals surface area contributed by atoms with E-state index in [1.807, 2.05) is 12.1 Å². The van der Waals surface area contributed by atoms with Gasteiger partial charge in [-0.25, -0.2) is 4.39 Å². The topological polar surface area (TPSA) is 43.7 Å². The summed E-state index contributed by atoms with van der Waals surface area (Å²) in [7, 11) is 0. The van der Waals surface area contributed by atoms with E-state index in [4.69, 9.17) is 0 Å². The molecule has 0 bridgehead atoms. The van der Waals surface area contributed by atoms with Gasteiger partial charge < -0.3 is 15.1 Å². The molecule has 2 aromatic carbocycles. The maximum atomic E-state index is 13.8. The molecule has 0 amide bonds. The standard InChI is InChI=1S/C20H22FNO2/c21-15-10-11-17-14(12-15)9-8-13-4-1-2-5-16(13)22(17)18-6-3-7-19(23)20(18)24/h1-2,4-5,10-12,18-20,23-24H,3,6-9H2. The number of para-hydroxylation sites is 1. The second-order valence-electron chi connectivity index (χ2n) is 6.83. The zero-order valence-electron chi connectivity index (χ0n) is 13.5. The van der Waals surface area contributed by atoms with E-state index in [-0.39, 0.29) is 11.9 Å². The van der Waals surface area contributed by atoms with Crippen molar-refractivity contribution in [2.75, 3.05) is 4.90 Å². The first-order valence-corrected chi connectivity index (χ1v) is 8.67. The number of hydrogen-bond acceptors (Lipinski definition) is 3. The van der Waals surface area contributed by atoms with Crippen LogP contribution in [-0.2, 0) is 12.8 Å². The van der Waals surface area contributed by atoms with Gasteiger partial charge in [-0.05, 0) is 67.5 Å². The van der Waals surface area contributed by atoms with Crippen LogP contribution in [0.5, 0.6) is 0 Å². The number of benzene rings is 2. The quantitative estimate of drug-likeness (QED) is 0.844. The molecule has 1 aliphatic carbocycles. The fourth-order valence-electron chi connectivity index (χ4n) is 4.12. The number of halogens is 1. The Bertz CT molecular complexity index is 748. The summed E-state index contributed by atoms with van der Waals surface area (Å²) >= 11 is 0. The van der Waals surface area contributed by atoms with Crippen LogP contribution in [0.1, 0.15) is 30.4 Å². The van der Waals surface area contributed by atoms with Crippen LogP contribution < -0.4 is 4.90 Å². The van der Waals surface area contributed by atoms with Crippen molar-refractivity contribution in [3.63, 3.8) is 0 Å². The number of aryl methyl sites for hydroxylation is 2. The van der Waals surface area contributed by atoms with E-state index in [0.717, 1.165) is 42.6 Å². The molecule has 1 fully saturated rings. The minimum Gasteiger partial charge on any atom is -0.390 e. The molecule has 24 heavy (non-hydrogen) atoms. The second-order valence-corrected chi connectivity index (χ2v) is 6.83. The maximum absolute atomic E-state index is 13.8. The number of nitrogens with zero attached hydrogens (tertiary/aromatic N) is 1. The van der Waals surface area contributed by atoms with Gasteiger partial charge in [-0.2, -0.15) is 0 Å². The SMILES string of the molecule is OC1CCCC(N2c3ccccc3CCc3cc(F)ccc32)C1O. The van der Waals surface area contributed by atoms with Crippen LogP contribution in [-0.4, -0.2) is 28.5 Å². The van der Waals surface area contributed by atoms with Crippen LogP contribution in [0, 0.1) is 5.82 Å². The predicted octanol–water partition coefficient (Wildman–Crippen LogP) is 3.34. The van der Waals surface area contributed by atoms with Crippen LogP contribution in [0.2, 0.25) is 0 Å². The molecule has 0 spiro atoms. The molecule has 1 aliphatic heterocycles. The zero-order chi connectivity index (χ0) is 16.7. The van der Waals surface area contributed by atoms with Gasteiger partial charge in [-0.15, -0.1) is 0 Å². The Morgan fingerprint density at radius 2 is 1.67 bits per heavy atom. The van der Waals surface area contributed by atoms with Gasteiger partial charge in [0.2, 0.25) is 0 Å². The fraction of sp³-hybridized carbons (Fsp3) is 0.400. The van der Waals surface area contributed by atoms with E-state index in [1.165, 1.54) is 11.6 Å². The van der Waals surface area contributed by atoms with E-state index < -0.39 is 12.2 Å². The molecule has 126 valence electrons. The molecule has 2 aromatic rings. The van der Waals surface area contributed by atoms with E-state index in [9.17, 15) is 14.6 Å². The van der Waals surface area contributed by atoms with Crippen LogP contribution in [0.3, 0.4) is 0 Å². The van der Waals surface area contributed by atoms with Crippen LogP contribution >= 0.6 is 0 Å². The highest BCUT2D eigenvalue weighted by Crippen LogP contribution is 2.41. The highest BCUT2D eigenvalue weighted by Gasteiger charge is 2.37. The van der Waals surface area contributed by atoms with E-state index in [2.05, 4.69) is 17.0 Å². The molecule has 1 saturated carbocycles. The Kier molecular flexibility index (Phi) is 4.02. The minimum absolute atomic E-state index is 0.197. The van der Waals surface area contributed by atoms with Crippen molar-refractivity contribution >= 4 is 11.4 Å². The van der Waals surface area contributed by atoms with Gasteiger partial charge in [0.1, 0.15) is 11.9 Å².